The number of carbonyl (C=O) groups is 2. The molecule has 11 nitrogen and oxygen atoms in total. The highest BCUT2D eigenvalue weighted by Crippen LogP contribution is 2.18. The first kappa shape index (κ1) is 20.4. The van der Waals surface area contributed by atoms with Gasteiger partial charge in [0.15, 0.2) is 0 Å². The van der Waals surface area contributed by atoms with Gasteiger partial charge < -0.3 is 31.1 Å². The lowest BCUT2D eigenvalue weighted by atomic mass is 10.1. The lowest BCUT2D eigenvalue weighted by molar-refractivity contribution is -0.384. The van der Waals surface area contributed by atoms with E-state index in [9.17, 15) is 19.7 Å². The number of nitro groups is 1. The van der Waals surface area contributed by atoms with Crippen LogP contribution in [0.3, 0.4) is 0 Å². The highest BCUT2D eigenvalue weighted by molar-refractivity contribution is 6.00. The quantitative estimate of drug-likeness (QED) is 0.212. The molecule has 25 heavy (non-hydrogen) atoms. The van der Waals surface area contributed by atoms with Gasteiger partial charge in [0, 0.05) is 23.3 Å². The van der Waals surface area contributed by atoms with Gasteiger partial charge in [0.1, 0.15) is 0 Å². The van der Waals surface area contributed by atoms with Crippen molar-refractivity contribution in [3.05, 3.63) is 39.4 Å². The smallest absolute Gasteiger partial charge is 0.271 e. The van der Waals surface area contributed by atoms with E-state index in [0.29, 0.717) is 0 Å². The van der Waals surface area contributed by atoms with Gasteiger partial charge in [0.25, 0.3) is 17.5 Å². The molecule has 0 heterocycles. The van der Waals surface area contributed by atoms with Gasteiger partial charge in [-0.15, -0.1) is 0 Å². The lowest BCUT2D eigenvalue weighted by Gasteiger charge is -2.15. The average Bonchev–Trinajstić information content (AvgIpc) is 2.63. The van der Waals surface area contributed by atoms with Crippen molar-refractivity contribution >= 4 is 17.5 Å². The molecule has 0 aliphatic heterocycles. The second-order valence-electron chi connectivity index (χ2n) is 5.10. The van der Waals surface area contributed by atoms with E-state index in [1.807, 2.05) is 0 Å². The third kappa shape index (κ3) is 5.76. The Balaban J connectivity index is 3.14. The molecule has 0 bridgehead atoms. The Morgan fingerprint density at radius 2 is 1.24 bits per heavy atom. The fourth-order valence-corrected chi connectivity index (χ4v) is 1.81. The van der Waals surface area contributed by atoms with Gasteiger partial charge in [-0.3, -0.25) is 19.7 Å². The van der Waals surface area contributed by atoms with Gasteiger partial charge >= 0.3 is 0 Å². The van der Waals surface area contributed by atoms with Gasteiger partial charge in [0.05, 0.1) is 43.4 Å². The zero-order valence-corrected chi connectivity index (χ0v) is 13.1. The van der Waals surface area contributed by atoms with Crippen molar-refractivity contribution in [1.82, 2.24) is 10.6 Å². The highest BCUT2D eigenvalue weighted by atomic mass is 16.6. The summed E-state index contributed by atoms with van der Waals surface area (Å²) in [5.74, 6) is -1.65. The van der Waals surface area contributed by atoms with Gasteiger partial charge in [0.2, 0.25) is 0 Å². The van der Waals surface area contributed by atoms with Crippen LogP contribution in [0.25, 0.3) is 0 Å². The van der Waals surface area contributed by atoms with Gasteiger partial charge in [-0.2, -0.15) is 0 Å². The van der Waals surface area contributed by atoms with Crippen molar-refractivity contribution in [2.45, 2.75) is 12.1 Å². The molecule has 0 aromatic heterocycles. The number of benzene rings is 1. The molecule has 6 N–H and O–H groups in total. The first-order chi connectivity index (χ1) is 11.9. The molecule has 1 aromatic rings. The molecule has 11 heteroatoms. The van der Waals surface area contributed by atoms with E-state index in [1.54, 1.807) is 0 Å². The maximum absolute atomic E-state index is 12.1. The van der Waals surface area contributed by atoms with Crippen LogP contribution in [0.2, 0.25) is 0 Å². The van der Waals surface area contributed by atoms with Crippen LogP contribution in [0, 0.1) is 10.1 Å². The largest absolute Gasteiger partial charge is 0.394 e. The van der Waals surface area contributed by atoms with E-state index in [-0.39, 0.29) is 11.1 Å². The normalized spacial score (nSPS) is 10.8. The molecule has 0 saturated carbocycles. The van der Waals surface area contributed by atoms with Crippen molar-refractivity contribution < 1.29 is 34.9 Å². The summed E-state index contributed by atoms with van der Waals surface area (Å²) in [5, 5.41) is 51.4. The number of rotatable bonds is 9. The number of hydrogen-bond acceptors (Lipinski definition) is 8. The number of nitrogens with zero attached hydrogens (tertiary/aromatic N) is 1. The van der Waals surface area contributed by atoms with Gasteiger partial charge in [-0.05, 0) is 6.07 Å². The van der Waals surface area contributed by atoms with Crippen LogP contribution in [0.4, 0.5) is 5.69 Å². The third-order valence-corrected chi connectivity index (χ3v) is 3.20. The molecule has 1 rings (SSSR count). The van der Waals surface area contributed by atoms with Crippen LogP contribution >= 0.6 is 0 Å². The summed E-state index contributed by atoms with van der Waals surface area (Å²) in [7, 11) is 0. The summed E-state index contributed by atoms with van der Waals surface area (Å²) in [5.41, 5.74) is -0.974. The minimum atomic E-state index is -0.961. The molecule has 0 aliphatic rings. The minimum absolute atomic E-state index is 0.226. The highest BCUT2D eigenvalue weighted by Gasteiger charge is 2.21. The molecule has 0 saturated heterocycles. The molecule has 1 aromatic carbocycles. The Morgan fingerprint density at radius 1 is 0.880 bits per heavy atom. The SMILES string of the molecule is O=C(NC(CO)CO)c1cc(C(=O)NC(CO)CO)cc([N+](=O)[O-])c1. The van der Waals surface area contributed by atoms with E-state index in [4.69, 9.17) is 20.4 Å². The summed E-state index contributed by atoms with van der Waals surface area (Å²) in [4.78, 5) is 34.4. The Hall–Kier alpha value is -2.60. The molecule has 0 unspecified atom stereocenters. The summed E-state index contributed by atoms with van der Waals surface area (Å²) >= 11 is 0. The van der Waals surface area contributed by atoms with Gasteiger partial charge in [-0.1, -0.05) is 0 Å². The Morgan fingerprint density at radius 3 is 1.52 bits per heavy atom. The topological polar surface area (TPSA) is 182 Å². The fourth-order valence-electron chi connectivity index (χ4n) is 1.81. The monoisotopic (exact) mass is 357 g/mol. The number of aliphatic hydroxyl groups excluding tert-OH is 4. The summed E-state index contributed by atoms with van der Waals surface area (Å²) < 4.78 is 0. The molecular weight excluding hydrogens is 338 g/mol. The number of hydrogen-bond donors (Lipinski definition) is 6. The molecule has 0 atom stereocenters. The van der Waals surface area contributed by atoms with Crippen molar-refractivity contribution in [3.63, 3.8) is 0 Å². The van der Waals surface area contributed by atoms with Crippen LogP contribution in [0.5, 0.6) is 0 Å². The maximum Gasteiger partial charge on any atom is 0.271 e. The number of nitrogens with one attached hydrogen (secondary N) is 2. The maximum atomic E-state index is 12.1. The van der Waals surface area contributed by atoms with Crippen molar-refractivity contribution in [2.24, 2.45) is 0 Å². The van der Waals surface area contributed by atoms with Crippen LogP contribution in [-0.4, -0.2) is 75.7 Å². The third-order valence-electron chi connectivity index (χ3n) is 3.20. The summed E-state index contributed by atoms with van der Waals surface area (Å²) in [6.07, 6.45) is 0. The van der Waals surface area contributed by atoms with Crippen LogP contribution in [-0.2, 0) is 0 Å². The standard InChI is InChI=1S/C14H19N3O8/c18-4-10(5-19)15-13(22)8-1-9(3-12(2-8)17(24)25)14(23)16-11(6-20)7-21/h1-3,10-11,18-21H,4-7H2,(H,15,22)(H,16,23). The molecule has 2 amide bonds. The first-order valence-corrected chi connectivity index (χ1v) is 7.20. The van der Waals surface area contributed by atoms with Crippen LogP contribution < -0.4 is 10.6 Å². The van der Waals surface area contributed by atoms with E-state index < -0.39 is 60.9 Å². The molecule has 0 radical (unpaired) electrons. The predicted octanol–water partition coefficient (Wildman–Crippen LogP) is -2.24. The second kappa shape index (κ2) is 9.64. The first-order valence-electron chi connectivity index (χ1n) is 7.20. The Kier molecular flexibility index (Phi) is 7.88. The Bertz CT molecular complexity index is 584. The summed E-state index contributed by atoms with van der Waals surface area (Å²) in [6, 6.07) is 1.03. The Labute approximate surface area is 142 Å². The number of non-ortho nitro benzene ring substituents is 1. The minimum Gasteiger partial charge on any atom is -0.394 e. The van der Waals surface area contributed by atoms with E-state index in [2.05, 4.69) is 10.6 Å². The average molecular weight is 357 g/mol. The zero-order valence-electron chi connectivity index (χ0n) is 13.1. The van der Waals surface area contributed by atoms with Crippen molar-refractivity contribution in [2.75, 3.05) is 26.4 Å². The molecule has 138 valence electrons. The summed E-state index contributed by atoms with van der Waals surface area (Å²) in [6.45, 7) is -2.17. The number of nitro benzene ring substituents is 1. The number of carbonyl (C=O) groups excluding carboxylic acids is 2. The van der Waals surface area contributed by atoms with Crippen molar-refractivity contribution in [1.29, 1.82) is 0 Å². The van der Waals surface area contributed by atoms with Crippen molar-refractivity contribution in [3.8, 4) is 0 Å². The van der Waals surface area contributed by atoms with Crippen LogP contribution in [0.15, 0.2) is 18.2 Å². The van der Waals surface area contributed by atoms with E-state index in [0.717, 1.165) is 18.2 Å². The number of aliphatic hydroxyl groups is 4. The number of amides is 2. The lowest BCUT2D eigenvalue weighted by Crippen LogP contribution is -2.41. The second-order valence-corrected chi connectivity index (χ2v) is 5.10. The molecular formula is C14H19N3O8. The van der Waals surface area contributed by atoms with Crippen LogP contribution in [0.1, 0.15) is 20.7 Å². The molecule has 0 spiro atoms. The van der Waals surface area contributed by atoms with Gasteiger partial charge in [-0.25, -0.2) is 0 Å². The zero-order chi connectivity index (χ0) is 19.0. The molecule has 0 aliphatic carbocycles. The van der Waals surface area contributed by atoms with E-state index in [1.165, 1.54) is 0 Å². The fraction of sp³-hybridized carbons (Fsp3) is 0.429. The predicted molar refractivity (Wildman–Crippen MR) is 83.9 cm³/mol. The molecule has 0 fully saturated rings. The van der Waals surface area contributed by atoms with E-state index >= 15 is 0 Å².